The molecule has 0 spiro atoms. The number of hydrogen-bond donors (Lipinski definition) is 1. The van der Waals surface area contributed by atoms with Gasteiger partial charge in [0.15, 0.2) is 0 Å². The molecule has 2 aromatic rings. The van der Waals surface area contributed by atoms with Gasteiger partial charge < -0.3 is 10.2 Å². The monoisotopic (exact) mass is 490 g/mol. The minimum absolute atomic E-state index is 0.0652. The van der Waals surface area contributed by atoms with Crippen LogP contribution in [0.2, 0.25) is 15.1 Å². The molecule has 0 aliphatic heterocycles. The van der Waals surface area contributed by atoms with E-state index in [2.05, 4.69) is 5.32 Å². The highest BCUT2D eigenvalue weighted by Crippen LogP contribution is 2.26. The van der Waals surface area contributed by atoms with Crippen LogP contribution in [-0.4, -0.2) is 35.1 Å². The van der Waals surface area contributed by atoms with Crippen molar-refractivity contribution in [3.63, 3.8) is 0 Å². The van der Waals surface area contributed by atoms with Crippen molar-refractivity contribution < 1.29 is 14.0 Å². The smallest absolute Gasteiger partial charge is 0.242 e. The van der Waals surface area contributed by atoms with Crippen LogP contribution in [0.3, 0.4) is 0 Å². The summed E-state index contributed by atoms with van der Waals surface area (Å²) in [6.45, 7) is 4.12. The minimum atomic E-state index is -0.690. The number of halogens is 4. The fourth-order valence-corrected chi connectivity index (χ4v) is 4.30. The zero-order valence-electron chi connectivity index (χ0n) is 16.6. The maximum absolute atomic E-state index is 13.9. The summed E-state index contributed by atoms with van der Waals surface area (Å²) in [7, 11) is 0. The molecule has 0 fully saturated rings. The maximum atomic E-state index is 13.9. The zero-order valence-corrected chi connectivity index (χ0v) is 19.6. The first-order valence-corrected chi connectivity index (χ1v) is 11.5. The Hall–Kier alpha value is -1.47. The number of likely N-dealkylation sites (N-methyl/N-ethyl adjacent to an activating group) is 1. The number of thioether (sulfide) groups is 1. The number of nitrogens with one attached hydrogen (secondary N) is 1. The lowest BCUT2D eigenvalue weighted by Gasteiger charge is -2.28. The molecule has 2 aromatic carbocycles. The Balaban J connectivity index is 2.12. The third kappa shape index (κ3) is 6.77. The van der Waals surface area contributed by atoms with Gasteiger partial charge in [-0.15, -0.1) is 11.8 Å². The zero-order chi connectivity index (χ0) is 22.3. The van der Waals surface area contributed by atoms with Crippen LogP contribution in [-0.2, 0) is 21.9 Å². The lowest BCUT2D eigenvalue weighted by atomic mass is 10.1. The molecule has 162 valence electrons. The average Bonchev–Trinajstić information content (AvgIpc) is 2.70. The van der Waals surface area contributed by atoms with E-state index in [1.165, 1.54) is 28.8 Å². The first-order chi connectivity index (χ1) is 14.2. The third-order valence-electron chi connectivity index (χ3n) is 4.39. The molecule has 0 radical (unpaired) electrons. The van der Waals surface area contributed by atoms with Gasteiger partial charge in [-0.3, -0.25) is 9.59 Å². The summed E-state index contributed by atoms with van der Waals surface area (Å²) in [5.41, 5.74) is 1.10. The minimum Gasteiger partial charge on any atom is -0.355 e. The summed E-state index contributed by atoms with van der Waals surface area (Å²) in [4.78, 5) is 26.8. The summed E-state index contributed by atoms with van der Waals surface area (Å²) < 4.78 is 13.9. The molecule has 30 heavy (non-hydrogen) atoms. The van der Waals surface area contributed by atoms with E-state index in [-0.39, 0.29) is 29.9 Å². The van der Waals surface area contributed by atoms with Gasteiger partial charge in [0.1, 0.15) is 11.9 Å². The Bertz CT molecular complexity index is 894. The molecule has 0 heterocycles. The maximum Gasteiger partial charge on any atom is 0.242 e. The standard InChI is InChI=1S/C21H22Cl3FN2O2S/c1-3-26-21(29)13(2)27(10-14-7-8-17(23)18(24)9-14)20(28)12-30-11-15-16(22)5-4-6-19(15)25/h4-9,13H,3,10-12H2,1-2H3,(H,26,29)/t13-/m0/s1. The Morgan fingerprint density at radius 3 is 2.50 bits per heavy atom. The van der Waals surface area contributed by atoms with Gasteiger partial charge in [0, 0.05) is 29.4 Å². The number of benzene rings is 2. The van der Waals surface area contributed by atoms with Crippen LogP contribution in [0.4, 0.5) is 4.39 Å². The molecule has 2 rings (SSSR count). The highest BCUT2D eigenvalue weighted by atomic mass is 35.5. The summed E-state index contributed by atoms with van der Waals surface area (Å²) in [6, 6.07) is 8.85. The van der Waals surface area contributed by atoms with Crippen LogP contribution in [0.25, 0.3) is 0 Å². The van der Waals surface area contributed by atoms with Crippen molar-refractivity contribution in [2.75, 3.05) is 12.3 Å². The quantitative estimate of drug-likeness (QED) is 0.499. The molecule has 0 unspecified atom stereocenters. The van der Waals surface area contributed by atoms with Crippen LogP contribution in [0.5, 0.6) is 0 Å². The van der Waals surface area contributed by atoms with E-state index >= 15 is 0 Å². The van der Waals surface area contributed by atoms with Gasteiger partial charge >= 0.3 is 0 Å². The van der Waals surface area contributed by atoms with Crippen molar-refractivity contribution in [1.29, 1.82) is 0 Å². The van der Waals surface area contributed by atoms with Crippen molar-refractivity contribution in [2.45, 2.75) is 32.2 Å². The van der Waals surface area contributed by atoms with Crippen molar-refractivity contribution in [2.24, 2.45) is 0 Å². The fraction of sp³-hybridized carbons (Fsp3) is 0.333. The predicted octanol–water partition coefficient (Wildman–Crippen LogP) is 5.57. The molecule has 0 aromatic heterocycles. The number of hydrogen-bond acceptors (Lipinski definition) is 3. The first kappa shape index (κ1) is 24.8. The highest BCUT2D eigenvalue weighted by Gasteiger charge is 2.26. The second kappa shape index (κ2) is 11.8. The van der Waals surface area contributed by atoms with Gasteiger partial charge in [0.25, 0.3) is 0 Å². The Labute approximate surface area is 195 Å². The molecule has 9 heteroatoms. The van der Waals surface area contributed by atoms with Gasteiger partial charge in [-0.25, -0.2) is 4.39 Å². The van der Waals surface area contributed by atoms with Gasteiger partial charge in [-0.1, -0.05) is 46.9 Å². The number of rotatable bonds is 9. The number of carbonyl (C=O) groups excluding carboxylic acids is 2. The molecule has 4 nitrogen and oxygen atoms in total. The summed E-state index contributed by atoms with van der Waals surface area (Å²) in [5.74, 6) is -0.612. The van der Waals surface area contributed by atoms with E-state index in [4.69, 9.17) is 34.8 Å². The average molecular weight is 492 g/mol. The second-order valence-corrected chi connectivity index (χ2v) is 8.74. The van der Waals surface area contributed by atoms with E-state index in [9.17, 15) is 14.0 Å². The van der Waals surface area contributed by atoms with Crippen molar-refractivity contribution in [3.05, 3.63) is 68.4 Å². The Morgan fingerprint density at radius 1 is 1.13 bits per heavy atom. The summed E-state index contributed by atoms with van der Waals surface area (Å²) >= 11 is 19.3. The van der Waals surface area contributed by atoms with Crippen LogP contribution in [0, 0.1) is 5.82 Å². The Morgan fingerprint density at radius 2 is 1.87 bits per heavy atom. The molecule has 0 aliphatic rings. The molecule has 1 atom stereocenters. The van der Waals surface area contributed by atoms with E-state index < -0.39 is 11.9 Å². The van der Waals surface area contributed by atoms with E-state index in [0.717, 1.165) is 5.56 Å². The molecule has 0 bridgehead atoms. The second-order valence-electron chi connectivity index (χ2n) is 6.53. The molecule has 0 aliphatic carbocycles. The van der Waals surface area contributed by atoms with Gasteiger partial charge in [0.2, 0.25) is 11.8 Å². The predicted molar refractivity (Wildman–Crippen MR) is 123 cm³/mol. The van der Waals surface area contributed by atoms with Crippen LogP contribution >= 0.6 is 46.6 Å². The van der Waals surface area contributed by atoms with Gasteiger partial charge in [0.05, 0.1) is 15.8 Å². The molecule has 0 saturated carbocycles. The van der Waals surface area contributed by atoms with Crippen molar-refractivity contribution in [1.82, 2.24) is 10.2 Å². The van der Waals surface area contributed by atoms with Crippen molar-refractivity contribution >= 4 is 58.4 Å². The Kier molecular flexibility index (Phi) is 9.75. The molecule has 1 N–H and O–H groups in total. The summed E-state index contributed by atoms with van der Waals surface area (Å²) in [6.07, 6.45) is 0. The molecule has 2 amide bonds. The summed E-state index contributed by atoms with van der Waals surface area (Å²) in [5, 5.41) is 3.83. The SMILES string of the molecule is CCNC(=O)[C@H](C)N(Cc1ccc(Cl)c(Cl)c1)C(=O)CSCc1c(F)cccc1Cl. The van der Waals surface area contributed by atoms with Gasteiger partial charge in [-0.05, 0) is 43.7 Å². The molecule has 0 saturated heterocycles. The fourth-order valence-electron chi connectivity index (χ4n) is 2.73. The van der Waals surface area contributed by atoms with Crippen LogP contribution in [0.1, 0.15) is 25.0 Å². The largest absolute Gasteiger partial charge is 0.355 e. The first-order valence-electron chi connectivity index (χ1n) is 9.26. The lowest BCUT2D eigenvalue weighted by Crippen LogP contribution is -2.48. The van der Waals surface area contributed by atoms with Crippen LogP contribution < -0.4 is 5.32 Å². The van der Waals surface area contributed by atoms with Gasteiger partial charge in [-0.2, -0.15) is 0 Å². The van der Waals surface area contributed by atoms with Crippen molar-refractivity contribution in [3.8, 4) is 0 Å². The van der Waals surface area contributed by atoms with E-state index in [1.54, 1.807) is 31.2 Å². The molecular weight excluding hydrogens is 470 g/mol. The van der Waals surface area contributed by atoms with E-state index in [1.807, 2.05) is 6.92 Å². The normalized spacial score (nSPS) is 11.8. The van der Waals surface area contributed by atoms with Crippen LogP contribution in [0.15, 0.2) is 36.4 Å². The highest BCUT2D eigenvalue weighted by molar-refractivity contribution is 7.99. The number of nitrogens with zero attached hydrogens (tertiary/aromatic N) is 1. The lowest BCUT2D eigenvalue weighted by molar-refractivity contribution is -0.138. The number of carbonyl (C=O) groups is 2. The molecular formula is C21H22Cl3FN2O2S. The van der Waals surface area contributed by atoms with E-state index in [0.29, 0.717) is 27.2 Å². The third-order valence-corrected chi connectivity index (χ3v) is 6.43. The number of amides is 2. The topological polar surface area (TPSA) is 49.4 Å².